The summed E-state index contributed by atoms with van der Waals surface area (Å²) >= 11 is 0. The zero-order valence-corrected chi connectivity index (χ0v) is 11.3. The predicted octanol–water partition coefficient (Wildman–Crippen LogP) is 2.47. The second-order valence-corrected chi connectivity index (χ2v) is 4.32. The van der Waals surface area contributed by atoms with E-state index in [2.05, 4.69) is 4.90 Å². The number of rotatable bonds is 2. The van der Waals surface area contributed by atoms with Crippen molar-refractivity contribution in [2.45, 2.75) is 19.3 Å². The van der Waals surface area contributed by atoms with E-state index in [-0.39, 0.29) is 18.4 Å². The molecular weight excluding hydrogens is 252 g/mol. The van der Waals surface area contributed by atoms with Gasteiger partial charge < -0.3 is 15.4 Å². The van der Waals surface area contributed by atoms with E-state index in [0.717, 1.165) is 18.8 Å². The number of benzene rings is 1. The van der Waals surface area contributed by atoms with Crippen LogP contribution < -0.4 is 10.6 Å². The first kappa shape index (κ1) is 14.6. The lowest BCUT2D eigenvalue weighted by Crippen LogP contribution is -2.30. The molecule has 0 radical (unpaired) electrons. The molecule has 5 heteroatoms. The molecule has 0 bridgehead atoms. The highest BCUT2D eigenvalue weighted by molar-refractivity contribution is 5.97. The largest absolute Gasteiger partial charge is 0.465 e. The summed E-state index contributed by atoms with van der Waals surface area (Å²) in [7, 11) is 1.39. The van der Waals surface area contributed by atoms with Crippen molar-refractivity contribution in [2.75, 3.05) is 30.8 Å². The molecule has 0 unspecified atom stereocenters. The molecule has 1 aromatic carbocycles. The van der Waals surface area contributed by atoms with Crippen molar-refractivity contribution in [3.05, 3.63) is 23.8 Å². The number of hydrogen-bond acceptors (Lipinski definition) is 4. The monoisotopic (exact) mass is 270 g/mol. The average Bonchev–Trinajstić information content (AvgIpc) is 2.38. The summed E-state index contributed by atoms with van der Waals surface area (Å²) in [6, 6.07) is 5.43. The Morgan fingerprint density at radius 3 is 2.56 bits per heavy atom. The van der Waals surface area contributed by atoms with Crippen molar-refractivity contribution in [3.63, 3.8) is 0 Å². The Bertz CT molecular complexity index is 417. The predicted molar refractivity (Wildman–Crippen MR) is 75.5 cm³/mol. The number of anilines is 2. The number of carbonyl (C=O) groups excluding carboxylic acids is 1. The fourth-order valence-electron chi connectivity index (χ4n) is 2.24. The average molecular weight is 271 g/mol. The molecule has 1 saturated heterocycles. The second kappa shape index (κ2) is 6.50. The molecule has 18 heavy (non-hydrogen) atoms. The molecule has 0 atom stereocenters. The molecule has 1 aromatic rings. The molecule has 0 saturated carbocycles. The van der Waals surface area contributed by atoms with Crippen molar-refractivity contribution in [1.82, 2.24) is 0 Å². The Hall–Kier alpha value is -1.42. The lowest BCUT2D eigenvalue weighted by atomic mass is 10.1. The minimum atomic E-state index is -0.321. The molecule has 0 amide bonds. The first-order valence-electron chi connectivity index (χ1n) is 5.95. The molecule has 2 N–H and O–H groups in total. The normalized spacial score (nSPS) is 14.8. The van der Waals surface area contributed by atoms with Gasteiger partial charge in [0.15, 0.2) is 0 Å². The highest BCUT2D eigenvalue weighted by Crippen LogP contribution is 2.26. The number of nitrogen functional groups attached to an aromatic ring is 1. The number of carbonyl (C=O) groups is 1. The molecule has 100 valence electrons. The van der Waals surface area contributed by atoms with Crippen LogP contribution >= 0.6 is 12.4 Å². The number of esters is 1. The molecule has 0 aliphatic carbocycles. The number of piperidine rings is 1. The lowest BCUT2D eigenvalue weighted by molar-refractivity contribution is 0.0601. The minimum absolute atomic E-state index is 0. The number of ether oxygens (including phenoxy) is 1. The topological polar surface area (TPSA) is 55.6 Å². The molecule has 4 nitrogen and oxygen atoms in total. The highest BCUT2D eigenvalue weighted by Gasteiger charge is 2.19. The van der Waals surface area contributed by atoms with E-state index in [4.69, 9.17) is 10.5 Å². The smallest absolute Gasteiger partial charge is 0.340 e. The molecule has 2 rings (SSSR count). The van der Waals surface area contributed by atoms with Gasteiger partial charge in [-0.25, -0.2) is 4.79 Å². The van der Waals surface area contributed by atoms with Crippen molar-refractivity contribution < 1.29 is 9.53 Å². The van der Waals surface area contributed by atoms with Crippen LogP contribution in [0.15, 0.2) is 18.2 Å². The van der Waals surface area contributed by atoms with Crippen LogP contribution in [0.3, 0.4) is 0 Å². The quantitative estimate of drug-likeness (QED) is 0.663. The molecular formula is C13H19ClN2O2. The standard InChI is InChI=1S/C13H18N2O2.ClH/c1-17-13(16)11-9-10(14)5-6-12(11)15-7-3-2-4-8-15;/h5-6,9H,2-4,7-8,14H2,1H3;1H. The van der Waals surface area contributed by atoms with E-state index in [0.29, 0.717) is 11.3 Å². The van der Waals surface area contributed by atoms with E-state index < -0.39 is 0 Å². The van der Waals surface area contributed by atoms with Gasteiger partial charge in [0.1, 0.15) is 0 Å². The Balaban J connectivity index is 0.00000162. The molecule has 1 fully saturated rings. The Morgan fingerprint density at radius 2 is 1.94 bits per heavy atom. The van der Waals surface area contributed by atoms with E-state index >= 15 is 0 Å². The van der Waals surface area contributed by atoms with E-state index in [1.54, 1.807) is 6.07 Å². The van der Waals surface area contributed by atoms with Crippen LogP contribution in [0.5, 0.6) is 0 Å². The number of methoxy groups -OCH3 is 1. The molecule has 0 aromatic heterocycles. The summed E-state index contributed by atoms with van der Waals surface area (Å²) in [5.74, 6) is -0.321. The third kappa shape index (κ3) is 3.07. The number of nitrogens with zero attached hydrogens (tertiary/aromatic N) is 1. The van der Waals surface area contributed by atoms with E-state index in [1.807, 2.05) is 12.1 Å². The van der Waals surface area contributed by atoms with Crippen LogP contribution in [-0.2, 0) is 4.74 Å². The maximum Gasteiger partial charge on any atom is 0.340 e. The highest BCUT2D eigenvalue weighted by atomic mass is 35.5. The fraction of sp³-hybridized carbons (Fsp3) is 0.462. The van der Waals surface area contributed by atoms with Gasteiger partial charge >= 0.3 is 5.97 Å². The van der Waals surface area contributed by atoms with Crippen LogP contribution in [0.25, 0.3) is 0 Å². The zero-order valence-electron chi connectivity index (χ0n) is 10.5. The van der Waals surface area contributed by atoms with E-state index in [9.17, 15) is 4.79 Å². The van der Waals surface area contributed by atoms with Gasteiger partial charge in [0.2, 0.25) is 0 Å². The molecule has 1 heterocycles. The minimum Gasteiger partial charge on any atom is -0.465 e. The van der Waals surface area contributed by atoms with Gasteiger partial charge in [-0.1, -0.05) is 0 Å². The maximum atomic E-state index is 11.7. The SMILES string of the molecule is COC(=O)c1cc(N)ccc1N1CCCCC1.Cl. The van der Waals surface area contributed by atoms with E-state index in [1.165, 1.54) is 26.4 Å². The Labute approximate surface area is 114 Å². The zero-order chi connectivity index (χ0) is 12.3. The van der Waals surface area contributed by atoms with Gasteiger partial charge in [-0.05, 0) is 37.5 Å². The van der Waals surface area contributed by atoms with Crippen LogP contribution in [0.4, 0.5) is 11.4 Å². The maximum absolute atomic E-state index is 11.7. The molecule has 1 aliphatic heterocycles. The van der Waals surface area contributed by atoms with Gasteiger partial charge in [-0.3, -0.25) is 0 Å². The van der Waals surface area contributed by atoms with Crippen molar-refractivity contribution >= 4 is 29.8 Å². The summed E-state index contributed by atoms with van der Waals surface area (Å²) in [5, 5.41) is 0. The summed E-state index contributed by atoms with van der Waals surface area (Å²) < 4.78 is 4.80. The Morgan fingerprint density at radius 1 is 1.28 bits per heavy atom. The van der Waals surface area contributed by atoms with Crippen LogP contribution in [-0.4, -0.2) is 26.2 Å². The second-order valence-electron chi connectivity index (χ2n) is 4.32. The van der Waals surface area contributed by atoms with Crippen LogP contribution in [0, 0.1) is 0 Å². The number of nitrogens with two attached hydrogens (primary N) is 1. The fourth-order valence-corrected chi connectivity index (χ4v) is 2.24. The number of halogens is 1. The lowest BCUT2D eigenvalue weighted by Gasteiger charge is -2.30. The number of hydrogen-bond donors (Lipinski definition) is 1. The first-order chi connectivity index (χ1) is 8.22. The molecule has 0 spiro atoms. The van der Waals surface area contributed by atoms with Crippen molar-refractivity contribution in [2.24, 2.45) is 0 Å². The van der Waals surface area contributed by atoms with Gasteiger partial charge in [-0.15, -0.1) is 12.4 Å². The Kier molecular flexibility index (Phi) is 5.28. The molecule has 1 aliphatic rings. The summed E-state index contributed by atoms with van der Waals surface area (Å²) in [6.07, 6.45) is 3.61. The third-order valence-electron chi connectivity index (χ3n) is 3.12. The summed E-state index contributed by atoms with van der Waals surface area (Å²) in [4.78, 5) is 14.0. The van der Waals surface area contributed by atoms with Crippen molar-refractivity contribution in [1.29, 1.82) is 0 Å². The van der Waals surface area contributed by atoms with Crippen LogP contribution in [0.2, 0.25) is 0 Å². The summed E-state index contributed by atoms with van der Waals surface area (Å²) in [6.45, 7) is 1.99. The summed E-state index contributed by atoms with van der Waals surface area (Å²) in [5.41, 5.74) is 7.81. The van der Waals surface area contributed by atoms with Gasteiger partial charge in [0.05, 0.1) is 18.4 Å². The first-order valence-corrected chi connectivity index (χ1v) is 5.95. The van der Waals surface area contributed by atoms with Gasteiger partial charge in [-0.2, -0.15) is 0 Å². The van der Waals surface area contributed by atoms with Gasteiger partial charge in [0, 0.05) is 18.8 Å². The van der Waals surface area contributed by atoms with Crippen LogP contribution in [0.1, 0.15) is 29.6 Å². The third-order valence-corrected chi connectivity index (χ3v) is 3.12. The van der Waals surface area contributed by atoms with Crippen molar-refractivity contribution in [3.8, 4) is 0 Å². The van der Waals surface area contributed by atoms with Gasteiger partial charge in [0.25, 0.3) is 0 Å².